The first kappa shape index (κ1) is 9.89. The van der Waals surface area contributed by atoms with Crippen LogP contribution in [0.1, 0.15) is 29.1 Å². The van der Waals surface area contributed by atoms with E-state index >= 15 is 0 Å². The topological polar surface area (TPSA) is 63.4 Å². The highest BCUT2D eigenvalue weighted by molar-refractivity contribution is 5.95. The van der Waals surface area contributed by atoms with E-state index in [2.05, 4.69) is 5.16 Å². The molecule has 1 saturated heterocycles. The Morgan fingerprint density at radius 3 is 3.00 bits per heavy atom. The summed E-state index contributed by atoms with van der Waals surface area (Å²) in [7, 11) is 0. The average Bonchev–Trinajstić information content (AvgIpc) is 2.64. The number of ketones is 1. The SMILES string of the molecule is Cc1cc(C(=O)N2CCCC(=O)C2)no1. The molecule has 0 saturated carbocycles. The van der Waals surface area contributed by atoms with Gasteiger partial charge in [0, 0.05) is 19.0 Å². The molecule has 0 N–H and O–H groups in total. The van der Waals surface area contributed by atoms with Gasteiger partial charge < -0.3 is 9.42 Å². The summed E-state index contributed by atoms with van der Waals surface area (Å²) in [5.74, 6) is 0.483. The van der Waals surface area contributed by atoms with Gasteiger partial charge in [-0.25, -0.2) is 0 Å². The lowest BCUT2D eigenvalue weighted by Gasteiger charge is -2.24. The van der Waals surface area contributed by atoms with Gasteiger partial charge >= 0.3 is 0 Å². The van der Waals surface area contributed by atoms with Crippen molar-refractivity contribution in [1.29, 1.82) is 0 Å². The van der Waals surface area contributed by atoms with Crippen molar-refractivity contribution in [2.45, 2.75) is 19.8 Å². The predicted molar refractivity (Wildman–Crippen MR) is 51.4 cm³/mol. The molecular weight excluding hydrogens is 196 g/mol. The maximum Gasteiger partial charge on any atom is 0.276 e. The third-order valence-corrected chi connectivity index (χ3v) is 2.39. The molecule has 1 aliphatic heterocycles. The van der Waals surface area contributed by atoms with Crippen LogP contribution < -0.4 is 0 Å². The number of nitrogens with zero attached hydrogens (tertiary/aromatic N) is 2. The van der Waals surface area contributed by atoms with E-state index in [1.807, 2.05) is 0 Å². The number of carbonyl (C=O) groups excluding carboxylic acids is 2. The first-order valence-electron chi connectivity index (χ1n) is 4.91. The number of amides is 1. The summed E-state index contributed by atoms with van der Waals surface area (Å²) in [6, 6.07) is 1.58. The lowest BCUT2D eigenvalue weighted by molar-refractivity contribution is -0.121. The predicted octanol–water partition coefficient (Wildman–Crippen LogP) is 0.788. The van der Waals surface area contributed by atoms with Crippen LogP contribution in [0.25, 0.3) is 0 Å². The Morgan fingerprint density at radius 1 is 1.60 bits per heavy atom. The molecule has 0 unspecified atom stereocenters. The minimum Gasteiger partial charge on any atom is -0.361 e. The summed E-state index contributed by atoms with van der Waals surface area (Å²) in [5, 5.41) is 3.64. The molecule has 0 atom stereocenters. The molecule has 5 nitrogen and oxygen atoms in total. The highest BCUT2D eigenvalue weighted by Gasteiger charge is 2.24. The highest BCUT2D eigenvalue weighted by Crippen LogP contribution is 2.11. The molecule has 1 aromatic heterocycles. The van der Waals surface area contributed by atoms with Crippen LogP contribution in [-0.2, 0) is 4.79 Å². The Morgan fingerprint density at radius 2 is 2.40 bits per heavy atom. The largest absolute Gasteiger partial charge is 0.361 e. The van der Waals surface area contributed by atoms with Gasteiger partial charge in [-0.2, -0.15) is 0 Å². The van der Waals surface area contributed by atoms with Gasteiger partial charge in [-0.3, -0.25) is 9.59 Å². The van der Waals surface area contributed by atoms with Crippen molar-refractivity contribution in [3.8, 4) is 0 Å². The van der Waals surface area contributed by atoms with Gasteiger partial charge in [-0.15, -0.1) is 0 Å². The standard InChI is InChI=1S/C10H12N2O3/c1-7-5-9(11-15-7)10(14)12-4-2-3-8(13)6-12/h5H,2-4,6H2,1H3. The van der Waals surface area contributed by atoms with Crippen molar-refractivity contribution >= 4 is 11.7 Å². The van der Waals surface area contributed by atoms with E-state index in [0.29, 0.717) is 18.7 Å². The molecule has 0 aliphatic carbocycles. The van der Waals surface area contributed by atoms with Gasteiger partial charge in [0.2, 0.25) is 0 Å². The second-order valence-corrected chi connectivity index (χ2v) is 3.69. The summed E-state index contributed by atoms with van der Waals surface area (Å²) in [6.07, 6.45) is 1.31. The average molecular weight is 208 g/mol. The summed E-state index contributed by atoms with van der Waals surface area (Å²) in [4.78, 5) is 24.5. The van der Waals surface area contributed by atoms with Crippen LogP contribution in [0.15, 0.2) is 10.6 Å². The Hall–Kier alpha value is -1.65. The van der Waals surface area contributed by atoms with Crippen molar-refractivity contribution < 1.29 is 14.1 Å². The maximum atomic E-state index is 11.8. The Bertz CT molecular complexity index is 397. The molecule has 2 rings (SSSR count). The minimum atomic E-state index is -0.222. The van der Waals surface area contributed by atoms with Crippen LogP contribution in [0.5, 0.6) is 0 Å². The summed E-state index contributed by atoms with van der Waals surface area (Å²) in [5.41, 5.74) is 0.280. The molecule has 15 heavy (non-hydrogen) atoms. The number of carbonyl (C=O) groups is 2. The summed E-state index contributed by atoms with van der Waals surface area (Å²) in [6.45, 7) is 2.55. The van der Waals surface area contributed by atoms with E-state index in [0.717, 1.165) is 6.42 Å². The van der Waals surface area contributed by atoms with Crippen LogP contribution in [0, 0.1) is 6.92 Å². The fourth-order valence-corrected chi connectivity index (χ4v) is 1.64. The van der Waals surface area contributed by atoms with Crippen molar-refractivity contribution in [3.05, 3.63) is 17.5 Å². The van der Waals surface area contributed by atoms with Crippen molar-refractivity contribution in [2.75, 3.05) is 13.1 Å². The summed E-state index contributed by atoms with van der Waals surface area (Å²) >= 11 is 0. The van der Waals surface area contributed by atoms with Crippen LogP contribution in [0.2, 0.25) is 0 Å². The van der Waals surface area contributed by atoms with E-state index in [9.17, 15) is 9.59 Å². The number of likely N-dealkylation sites (tertiary alicyclic amines) is 1. The minimum absolute atomic E-state index is 0.106. The molecule has 1 amide bonds. The molecule has 2 heterocycles. The molecule has 1 aromatic rings. The molecule has 1 fully saturated rings. The Balaban J connectivity index is 2.10. The molecule has 80 valence electrons. The normalized spacial score (nSPS) is 16.9. The number of aryl methyl sites for hydroxylation is 1. The fourth-order valence-electron chi connectivity index (χ4n) is 1.64. The lowest BCUT2D eigenvalue weighted by atomic mass is 10.1. The molecular formula is C10H12N2O3. The Labute approximate surface area is 87.0 Å². The smallest absolute Gasteiger partial charge is 0.276 e. The monoisotopic (exact) mass is 208 g/mol. The van der Waals surface area contributed by atoms with Crippen molar-refractivity contribution in [3.63, 3.8) is 0 Å². The number of hydrogen-bond acceptors (Lipinski definition) is 4. The van der Waals surface area contributed by atoms with Crippen molar-refractivity contribution in [2.24, 2.45) is 0 Å². The summed E-state index contributed by atoms with van der Waals surface area (Å²) < 4.78 is 4.82. The van der Waals surface area contributed by atoms with Gasteiger partial charge in [0.05, 0.1) is 6.54 Å². The van der Waals surface area contributed by atoms with E-state index in [1.54, 1.807) is 13.0 Å². The van der Waals surface area contributed by atoms with Gasteiger partial charge in [0.15, 0.2) is 11.5 Å². The fraction of sp³-hybridized carbons (Fsp3) is 0.500. The molecule has 0 bridgehead atoms. The first-order valence-corrected chi connectivity index (χ1v) is 4.91. The van der Waals surface area contributed by atoms with E-state index in [1.165, 1.54) is 4.90 Å². The zero-order valence-corrected chi connectivity index (χ0v) is 8.52. The molecule has 0 radical (unpaired) electrons. The van der Waals surface area contributed by atoms with Crippen LogP contribution in [0.4, 0.5) is 0 Å². The quantitative estimate of drug-likeness (QED) is 0.684. The number of Topliss-reactive ketones (excluding diaryl/α,β-unsaturated/α-hetero) is 1. The van der Waals surface area contributed by atoms with E-state index in [4.69, 9.17) is 4.52 Å². The number of rotatable bonds is 1. The number of piperidine rings is 1. The van der Waals surface area contributed by atoms with Gasteiger partial charge in [0.1, 0.15) is 5.76 Å². The number of aromatic nitrogens is 1. The maximum absolute atomic E-state index is 11.8. The second-order valence-electron chi connectivity index (χ2n) is 3.69. The van der Waals surface area contributed by atoms with Gasteiger partial charge in [-0.05, 0) is 13.3 Å². The second kappa shape index (κ2) is 3.84. The van der Waals surface area contributed by atoms with Gasteiger partial charge in [0.25, 0.3) is 5.91 Å². The van der Waals surface area contributed by atoms with Crippen molar-refractivity contribution in [1.82, 2.24) is 10.1 Å². The highest BCUT2D eigenvalue weighted by atomic mass is 16.5. The van der Waals surface area contributed by atoms with E-state index < -0.39 is 0 Å². The molecule has 1 aliphatic rings. The van der Waals surface area contributed by atoms with E-state index in [-0.39, 0.29) is 23.9 Å². The van der Waals surface area contributed by atoms with Gasteiger partial charge in [-0.1, -0.05) is 5.16 Å². The van der Waals surface area contributed by atoms with Crippen LogP contribution in [0.3, 0.4) is 0 Å². The van der Waals surface area contributed by atoms with Crippen LogP contribution in [-0.4, -0.2) is 34.8 Å². The first-order chi connectivity index (χ1) is 7.16. The Kier molecular flexibility index (Phi) is 2.53. The molecule has 5 heteroatoms. The third kappa shape index (κ3) is 2.06. The lowest BCUT2D eigenvalue weighted by Crippen LogP contribution is -2.40. The van der Waals surface area contributed by atoms with Crippen LogP contribution >= 0.6 is 0 Å². The molecule has 0 spiro atoms. The number of hydrogen-bond donors (Lipinski definition) is 0. The zero-order valence-electron chi connectivity index (χ0n) is 8.52. The molecule has 0 aromatic carbocycles. The zero-order chi connectivity index (χ0) is 10.8. The third-order valence-electron chi connectivity index (χ3n) is 2.39.